The maximum absolute atomic E-state index is 11.6. The smallest absolute Gasteiger partial charge is 0.319 e. The number of anilines is 1. The van der Waals surface area contributed by atoms with E-state index in [-0.39, 0.29) is 12.6 Å². The number of carbonyl (C=O) groups is 1. The topological polar surface area (TPSA) is 61.4 Å². The molecule has 1 aromatic carbocycles. The number of urea groups is 1. The summed E-state index contributed by atoms with van der Waals surface area (Å²) in [5, 5.41) is 15.4. The zero-order chi connectivity index (χ0) is 14.4. The van der Waals surface area contributed by atoms with E-state index in [0.29, 0.717) is 23.0 Å². The number of amides is 2. The summed E-state index contributed by atoms with van der Waals surface area (Å²) >= 11 is 6.01. The summed E-state index contributed by atoms with van der Waals surface area (Å²) in [4.78, 5) is 11.6. The summed E-state index contributed by atoms with van der Waals surface area (Å²) in [7, 11) is 0. The molecule has 1 unspecified atom stereocenters. The molecular weight excluding hydrogens is 264 g/mol. The average molecular weight is 285 g/mol. The first-order chi connectivity index (χ1) is 8.88. The van der Waals surface area contributed by atoms with E-state index in [9.17, 15) is 9.90 Å². The third-order valence-electron chi connectivity index (χ3n) is 2.61. The van der Waals surface area contributed by atoms with Crippen LogP contribution in [0, 0.1) is 12.8 Å². The van der Waals surface area contributed by atoms with Gasteiger partial charge in [0, 0.05) is 6.54 Å². The Bertz CT molecular complexity index is 435. The molecule has 0 aliphatic heterocycles. The number of carbonyl (C=O) groups excluding carboxylic acids is 1. The molecule has 4 nitrogen and oxygen atoms in total. The largest absolute Gasteiger partial charge is 0.391 e. The molecule has 5 heteroatoms. The lowest BCUT2D eigenvalue weighted by Crippen LogP contribution is -2.35. The van der Waals surface area contributed by atoms with E-state index in [1.807, 2.05) is 26.8 Å². The van der Waals surface area contributed by atoms with Gasteiger partial charge in [-0.3, -0.25) is 0 Å². The summed E-state index contributed by atoms with van der Waals surface area (Å²) in [6, 6.07) is 5.04. The molecule has 1 rings (SSSR count). The molecule has 1 aromatic rings. The van der Waals surface area contributed by atoms with Crippen LogP contribution in [0.15, 0.2) is 18.2 Å². The van der Waals surface area contributed by atoms with E-state index in [0.717, 1.165) is 5.56 Å². The fourth-order valence-electron chi connectivity index (χ4n) is 1.73. The molecule has 1 atom stereocenters. The second-order valence-electron chi connectivity index (χ2n) is 5.10. The fourth-order valence-corrected chi connectivity index (χ4v) is 2.01. The number of rotatable bonds is 5. The van der Waals surface area contributed by atoms with Crippen LogP contribution in [-0.4, -0.2) is 23.8 Å². The molecular formula is C14H21ClN2O2. The van der Waals surface area contributed by atoms with Crippen LogP contribution in [0.25, 0.3) is 0 Å². The molecule has 0 heterocycles. The van der Waals surface area contributed by atoms with Gasteiger partial charge < -0.3 is 15.7 Å². The Morgan fingerprint density at radius 1 is 1.42 bits per heavy atom. The van der Waals surface area contributed by atoms with E-state index >= 15 is 0 Å². The number of halogens is 1. The third-order valence-corrected chi connectivity index (χ3v) is 2.93. The van der Waals surface area contributed by atoms with E-state index in [4.69, 9.17) is 11.6 Å². The summed E-state index contributed by atoms with van der Waals surface area (Å²) in [5.41, 5.74) is 1.59. The average Bonchev–Trinajstić information content (AvgIpc) is 2.29. The Morgan fingerprint density at radius 2 is 2.11 bits per heavy atom. The first-order valence-corrected chi connectivity index (χ1v) is 6.75. The van der Waals surface area contributed by atoms with Crippen LogP contribution in [0.2, 0.25) is 5.02 Å². The van der Waals surface area contributed by atoms with Gasteiger partial charge in [-0.25, -0.2) is 4.79 Å². The fraction of sp³-hybridized carbons (Fsp3) is 0.500. The Morgan fingerprint density at radius 3 is 2.68 bits per heavy atom. The van der Waals surface area contributed by atoms with Crippen LogP contribution in [-0.2, 0) is 0 Å². The molecule has 0 aliphatic carbocycles. The van der Waals surface area contributed by atoms with Crippen molar-refractivity contribution in [3.63, 3.8) is 0 Å². The Balaban J connectivity index is 2.43. The number of benzene rings is 1. The van der Waals surface area contributed by atoms with Crippen molar-refractivity contribution in [2.24, 2.45) is 5.92 Å². The quantitative estimate of drug-likeness (QED) is 0.778. The molecule has 2 amide bonds. The normalized spacial score (nSPS) is 12.3. The van der Waals surface area contributed by atoms with Crippen LogP contribution in [0.5, 0.6) is 0 Å². The standard InChI is InChI=1S/C14H21ClN2O2/c1-9(2)6-11(18)8-16-14(19)17-13-5-4-10(3)7-12(13)15/h4-5,7,9,11,18H,6,8H2,1-3H3,(H2,16,17,19). The Kier molecular flexibility index (Phi) is 6.12. The minimum absolute atomic E-state index is 0.230. The lowest BCUT2D eigenvalue weighted by molar-refractivity contribution is 0.148. The van der Waals surface area contributed by atoms with Gasteiger partial charge in [0.2, 0.25) is 0 Å². The minimum atomic E-state index is -0.528. The van der Waals surface area contributed by atoms with E-state index in [2.05, 4.69) is 10.6 Å². The van der Waals surface area contributed by atoms with Gasteiger partial charge in [-0.2, -0.15) is 0 Å². The van der Waals surface area contributed by atoms with Gasteiger partial charge in [-0.15, -0.1) is 0 Å². The van der Waals surface area contributed by atoms with E-state index < -0.39 is 6.10 Å². The Labute approximate surface area is 119 Å². The lowest BCUT2D eigenvalue weighted by atomic mass is 10.1. The molecule has 0 radical (unpaired) electrons. The van der Waals surface area contributed by atoms with Gasteiger partial charge in [0.25, 0.3) is 0 Å². The molecule has 0 spiro atoms. The maximum atomic E-state index is 11.6. The third kappa shape index (κ3) is 5.94. The maximum Gasteiger partial charge on any atom is 0.319 e. The molecule has 0 fully saturated rings. The summed E-state index contributed by atoms with van der Waals surface area (Å²) in [6.45, 7) is 6.20. The van der Waals surface area contributed by atoms with Crippen LogP contribution < -0.4 is 10.6 Å². The van der Waals surface area contributed by atoms with Crippen LogP contribution in [0.3, 0.4) is 0 Å². The van der Waals surface area contributed by atoms with Gasteiger partial charge in [0.1, 0.15) is 0 Å². The van der Waals surface area contributed by atoms with E-state index in [1.165, 1.54) is 0 Å². The second kappa shape index (κ2) is 7.36. The SMILES string of the molecule is Cc1ccc(NC(=O)NCC(O)CC(C)C)c(Cl)c1. The number of hydrogen-bond donors (Lipinski definition) is 3. The van der Waals surface area contributed by atoms with Crippen molar-refractivity contribution in [1.82, 2.24) is 5.32 Å². The highest BCUT2D eigenvalue weighted by Gasteiger charge is 2.10. The number of hydrogen-bond acceptors (Lipinski definition) is 2. The first-order valence-electron chi connectivity index (χ1n) is 6.37. The predicted octanol–water partition coefficient (Wildman–Crippen LogP) is 3.18. The van der Waals surface area contributed by atoms with Crippen LogP contribution in [0.4, 0.5) is 10.5 Å². The summed E-state index contributed by atoms with van der Waals surface area (Å²) in [6.07, 6.45) is 0.130. The van der Waals surface area contributed by atoms with Gasteiger partial charge in [0.05, 0.1) is 16.8 Å². The van der Waals surface area contributed by atoms with Crippen molar-refractivity contribution in [1.29, 1.82) is 0 Å². The predicted molar refractivity (Wildman–Crippen MR) is 78.7 cm³/mol. The molecule has 0 saturated heterocycles. The van der Waals surface area contributed by atoms with Crippen molar-refractivity contribution in [2.45, 2.75) is 33.3 Å². The minimum Gasteiger partial charge on any atom is -0.391 e. The van der Waals surface area contributed by atoms with Crippen molar-refractivity contribution in [2.75, 3.05) is 11.9 Å². The van der Waals surface area contributed by atoms with Gasteiger partial charge >= 0.3 is 6.03 Å². The molecule has 3 N–H and O–H groups in total. The molecule has 19 heavy (non-hydrogen) atoms. The first kappa shape index (κ1) is 15.8. The zero-order valence-electron chi connectivity index (χ0n) is 11.5. The monoisotopic (exact) mass is 284 g/mol. The van der Waals surface area contributed by atoms with E-state index in [1.54, 1.807) is 12.1 Å². The molecule has 106 valence electrons. The zero-order valence-corrected chi connectivity index (χ0v) is 12.3. The highest BCUT2D eigenvalue weighted by Crippen LogP contribution is 2.22. The van der Waals surface area contributed by atoms with Crippen molar-refractivity contribution >= 4 is 23.3 Å². The Hall–Kier alpha value is -1.26. The van der Waals surface area contributed by atoms with Crippen LogP contribution in [0.1, 0.15) is 25.8 Å². The van der Waals surface area contributed by atoms with Crippen molar-refractivity contribution < 1.29 is 9.90 Å². The molecule has 0 bridgehead atoms. The lowest BCUT2D eigenvalue weighted by Gasteiger charge is -2.14. The van der Waals surface area contributed by atoms with Crippen molar-refractivity contribution in [3.8, 4) is 0 Å². The van der Waals surface area contributed by atoms with Gasteiger partial charge in [0.15, 0.2) is 0 Å². The highest BCUT2D eigenvalue weighted by atomic mass is 35.5. The number of aliphatic hydroxyl groups excluding tert-OH is 1. The second-order valence-corrected chi connectivity index (χ2v) is 5.51. The molecule has 0 aliphatic rings. The van der Waals surface area contributed by atoms with Gasteiger partial charge in [-0.1, -0.05) is 31.5 Å². The number of aliphatic hydroxyl groups is 1. The molecule has 0 saturated carbocycles. The number of nitrogens with one attached hydrogen (secondary N) is 2. The van der Waals surface area contributed by atoms with Crippen LogP contribution >= 0.6 is 11.6 Å². The highest BCUT2D eigenvalue weighted by molar-refractivity contribution is 6.33. The van der Waals surface area contributed by atoms with Crippen molar-refractivity contribution in [3.05, 3.63) is 28.8 Å². The van der Waals surface area contributed by atoms with Gasteiger partial charge in [-0.05, 0) is 37.0 Å². The number of aryl methyl sites for hydroxylation is 1. The summed E-state index contributed by atoms with van der Waals surface area (Å²) in [5.74, 6) is 0.395. The molecule has 0 aromatic heterocycles. The summed E-state index contributed by atoms with van der Waals surface area (Å²) < 4.78 is 0.